The zero-order valence-electron chi connectivity index (χ0n) is 54.4. The van der Waals surface area contributed by atoms with E-state index in [1.54, 1.807) is 47.8 Å². The highest BCUT2D eigenvalue weighted by Crippen LogP contribution is 2.13. The number of nitrogens with one attached hydrogen (secondary N) is 12. The predicted octanol–water partition coefficient (Wildman–Crippen LogP) is -7.93. The summed E-state index contributed by atoms with van der Waals surface area (Å²) in [6.07, 6.45) is -4.89. The van der Waals surface area contributed by atoms with Crippen molar-refractivity contribution in [3.05, 3.63) is 0 Å². The molecule has 0 aromatic heterocycles. The van der Waals surface area contributed by atoms with Gasteiger partial charge in [0.15, 0.2) is 6.04 Å². The molecule has 26 N–H and O–H groups in total. The van der Waals surface area contributed by atoms with E-state index < -0.39 is 225 Å². The first-order valence-corrected chi connectivity index (χ1v) is 31.9. The second-order valence-corrected chi connectivity index (χ2v) is 24.6. The molecule has 37 nitrogen and oxygen atoms in total. The molecule has 0 saturated carbocycles. The lowest BCUT2D eigenvalue weighted by molar-refractivity contribution is -0.419. The van der Waals surface area contributed by atoms with Crippen molar-refractivity contribution in [2.24, 2.45) is 29.2 Å². The van der Waals surface area contributed by atoms with Crippen LogP contribution in [0.4, 0.5) is 0 Å². The fourth-order valence-corrected chi connectivity index (χ4v) is 9.12. The van der Waals surface area contributed by atoms with Crippen LogP contribution >= 0.6 is 11.8 Å². The Labute approximate surface area is 548 Å². The van der Waals surface area contributed by atoms with Crippen molar-refractivity contribution in [1.82, 2.24) is 63.8 Å². The summed E-state index contributed by atoms with van der Waals surface area (Å²) in [4.78, 5) is 198. The Kier molecular flexibility index (Phi) is 40.9. The number of aliphatic carboxylic acids is 4. The Balaban J connectivity index is 6.85. The summed E-state index contributed by atoms with van der Waals surface area (Å²) in [7, 11) is 0. The molecule has 0 aliphatic rings. The van der Waals surface area contributed by atoms with Crippen LogP contribution in [0.15, 0.2) is 0 Å². The Morgan fingerprint density at radius 3 is 1.07 bits per heavy atom. The number of aliphatic hydroxyl groups is 3. The van der Waals surface area contributed by atoms with Crippen LogP contribution in [0.5, 0.6) is 0 Å². The lowest BCUT2D eigenvalue weighted by atomic mass is 10.0. The molecule has 0 spiro atoms. The van der Waals surface area contributed by atoms with Crippen LogP contribution in [0.2, 0.25) is 0 Å². The van der Waals surface area contributed by atoms with Crippen LogP contribution in [-0.2, 0) is 71.9 Å². The number of thioether (sulfide) groups is 1. The molecule has 0 bridgehead atoms. The molecule has 11 amide bonds. The van der Waals surface area contributed by atoms with E-state index in [4.69, 9.17) is 11.5 Å². The number of hydrogen-bond donors (Lipinski definition) is 22. The Bertz CT molecular complexity index is 2570. The number of nitrogens with two attached hydrogens (primary N) is 2. The summed E-state index contributed by atoms with van der Waals surface area (Å²) in [6, 6.07) is -19.2. The standard InChI is InChI=1S/C56H99N15O22S/c1-25(2)19-34(49(86)64-33(16-18-94-9)45(82)61-28(7)44(81)70-38(23-72)53(90)68-36(21-27(5)6)51(88)71-39(24-73)55(92)93)66-48(85)32(13-15-41(77)78)63-52(89)37(22-42(79)80)69-50(87)35(20-26(3)4)67-47(84)31(12-14-40(75)76)62-46(83)30(11-10-17-60-56(58)59)65-54(91)43(57)29(8)74/h25-39,43,56,60,72-74H,10-24,57-59H2,1-9H3,(H,61,82)(H,62,83)(H,63,89)(H,64,86)(H,65,91)(H,66,85)(H,67,84)(H,68,90)(H,69,87)(H,70,81)(H,71,88)(H,75,76)(H,77,78)(H,79,80)(H,92,93)/p+1/t28-,29+,30-,31-,32-,33-,34-,35-,36-,37-,38-,39-,43-/m0/s1. The molecule has 0 unspecified atom stereocenters. The summed E-state index contributed by atoms with van der Waals surface area (Å²) in [5.74, 6) is -18.7. The normalized spacial score (nSPS) is 15.5. The maximum absolute atomic E-state index is 14.2. The molecule has 0 aromatic rings. The van der Waals surface area contributed by atoms with Gasteiger partial charge in [0.2, 0.25) is 59.1 Å². The number of hydrogen-bond acceptors (Lipinski definition) is 22. The summed E-state index contributed by atoms with van der Waals surface area (Å²) in [5, 5.41) is 96.3. The highest BCUT2D eigenvalue weighted by molar-refractivity contribution is 7.98. The molecule has 0 saturated heterocycles. The number of quaternary nitrogens is 1. The van der Waals surface area contributed by atoms with Gasteiger partial charge in [0, 0.05) is 12.8 Å². The number of carboxylic acid groups (broad SMARTS) is 4. The topological polar surface area (TPSA) is 622 Å². The fraction of sp³-hybridized carbons (Fsp3) is 0.732. The second kappa shape index (κ2) is 44.7. The number of carbonyl (C=O) groups excluding carboxylic acids is 11. The zero-order chi connectivity index (χ0) is 72.3. The first-order chi connectivity index (χ1) is 43.8. The lowest BCUT2D eigenvalue weighted by Gasteiger charge is -2.28. The third kappa shape index (κ3) is 34.9. The van der Waals surface area contributed by atoms with Crippen molar-refractivity contribution < 1.29 is 113 Å². The molecule has 0 aliphatic carbocycles. The fourth-order valence-electron chi connectivity index (χ4n) is 8.65. The van der Waals surface area contributed by atoms with E-state index in [2.05, 4.69) is 69.5 Å². The van der Waals surface area contributed by atoms with Crippen molar-refractivity contribution in [3.8, 4) is 0 Å². The summed E-state index contributed by atoms with van der Waals surface area (Å²) < 4.78 is 0. The van der Waals surface area contributed by atoms with Gasteiger partial charge < -0.3 is 111 Å². The largest absolute Gasteiger partial charge is 0.481 e. The highest BCUT2D eigenvalue weighted by Gasteiger charge is 2.38. The van der Waals surface area contributed by atoms with Crippen LogP contribution in [0, 0.1) is 17.8 Å². The van der Waals surface area contributed by atoms with Crippen molar-refractivity contribution >= 4 is 101 Å². The van der Waals surface area contributed by atoms with Crippen LogP contribution in [0.1, 0.15) is 126 Å². The minimum atomic E-state index is -2.07. The van der Waals surface area contributed by atoms with Gasteiger partial charge in [-0.1, -0.05) is 41.5 Å². The smallest absolute Gasteiger partial charge is 0.328 e. The highest BCUT2D eigenvalue weighted by atomic mass is 32.2. The molecule has 13 atom stereocenters. The quantitative estimate of drug-likeness (QED) is 0.0199. The molecule has 0 fully saturated rings. The number of rotatable bonds is 48. The van der Waals surface area contributed by atoms with Crippen LogP contribution in [-0.4, -0.2) is 241 Å². The molecule has 0 aliphatic heterocycles. The van der Waals surface area contributed by atoms with Crippen LogP contribution in [0.25, 0.3) is 0 Å². The Morgan fingerprint density at radius 2 is 0.723 bits per heavy atom. The number of carboxylic acids is 4. The molecular formula is C56H100N15O22S+. The van der Waals surface area contributed by atoms with E-state index in [9.17, 15) is 108 Å². The van der Waals surface area contributed by atoms with Gasteiger partial charge in [-0.3, -0.25) is 72.4 Å². The monoisotopic (exact) mass is 1370 g/mol. The number of carbonyl (C=O) groups is 15. The van der Waals surface area contributed by atoms with Gasteiger partial charge in [-0.05, 0) is 102 Å². The van der Waals surface area contributed by atoms with E-state index in [1.165, 1.54) is 25.6 Å². The van der Waals surface area contributed by atoms with Crippen LogP contribution < -0.4 is 81.0 Å². The van der Waals surface area contributed by atoms with Gasteiger partial charge in [0.25, 0.3) is 5.91 Å². The average molecular weight is 1370 g/mol. The van der Waals surface area contributed by atoms with Gasteiger partial charge in [-0.25, -0.2) is 4.79 Å². The summed E-state index contributed by atoms with van der Waals surface area (Å²) in [5.41, 5.74) is 14.6. The molecule has 94 heavy (non-hydrogen) atoms. The Hall–Kier alpha value is -7.88. The van der Waals surface area contributed by atoms with E-state index in [1.807, 2.05) is 0 Å². The molecule has 536 valence electrons. The van der Waals surface area contributed by atoms with Crippen molar-refractivity contribution in [2.75, 3.05) is 31.8 Å². The predicted molar refractivity (Wildman–Crippen MR) is 334 cm³/mol. The van der Waals surface area contributed by atoms with Crippen molar-refractivity contribution in [2.45, 2.75) is 211 Å². The number of aliphatic hydroxyl groups excluding tert-OH is 3. The molecule has 0 heterocycles. The van der Waals surface area contributed by atoms with Gasteiger partial charge >= 0.3 is 23.9 Å². The Morgan fingerprint density at radius 1 is 0.404 bits per heavy atom. The van der Waals surface area contributed by atoms with E-state index in [0.29, 0.717) is 0 Å². The maximum Gasteiger partial charge on any atom is 0.328 e. The molecule has 0 radical (unpaired) electrons. The van der Waals surface area contributed by atoms with Crippen LogP contribution in [0.3, 0.4) is 0 Å². The first-order valence-electron chi connectivity index (χ1n) is 30.5. The minimum Gasteiger partial charge on any atom is -0.481 e. The second-order valence-electron chi connectivity index (χ2n) is 23.6. The lowest BCUT2D eigenvalue weighted by Crippen LogP contribution is -2.73. The van der Waals surface area contributed by atoms with E-state index in [0.717, 1.165) is 0 Å². The summed E-state index contributed by atoms with van der Waals surface area (Å²) in [6.45, 7) is 10.5. The SMILES string of the molecule is CSCC[C@H](NC(=O)[C@H](CC(C)C)NC(=O)[C@H](CCC(=O)O)NC(=O)[C@H](CC(=O)O)NC(=O)[C@H](CC(C)C)NC(=O)[C@H](CCC(=O)O)NC(=O)[C@H](CCCNC(N)N)NC(=O)[C@@H]([NH3+])[C@@H](C)O)C(=O)N[C@@H](C)C(=O)N[C@@H](CO)C(=O)N[C@@H](CC(C)C)C(=O)N[C@@H](CO)C(=O)O. The number of amides is 11. The molecule has 0 rings (SSSR count). The van der Waals surface area contributed by atoms with Crippen molar-refractivity contribution in [1.29, 1.82) is 0 Å². The van der Waals surface area contributed by atoms with Gasteiger partial charge in [-0.2, -0.15) is 11.8 Å². The molecular weight excluding hydrogens is 1270 g/mol. The zero-order valence-corrected chi connectivity index (χ0v) is 55.3. The van der Waals surface area contributed by atoms with Gasteiger partial charge in [0.1, 0.15) is 78.9 Å². The first kappa shape index (κ1) is 86.1. The van der Waals surface area contributed by atoms with Gasteiger partial charge in [-0.15, -0.1) is 0 Å². The van der Waals surface area contributed by atoms with Crippen molar-refractivity contribution in [3.63, 3.8) is 0 Å². The minimum absolute atomic E-state index is 0.0365. The molecule has 38 heteroatoms. The third-order valence-corrected chi connectivity index (χ3v) is 14.4. The van der Waals surface area contributed by atoms with E-state index >= 15 is 0 Å². The van der Waals surface area contributed by atoms with Gasteiger partial charge in [0.05, 0.1) is 19.6 Å². The maximum atomic E-state index is 14.2. The van der Waals surface area contributed by atoms with E-state index in [-0.39, 0.29) is 62.7 Å². The third-order valence-electron chi connectivity index (χ3n) is 13.8. The summed E-state index contributed by atoms with van der Waals surface area (Å²) >= 11 is 1.26. The average Bonchev–Trinajstić information content (AvgIpc) is 0.903. The molecule has 0 aromatic carbocycles.